The number of likely N-dealkylation sites (tertiary alicyclic amines) is 2. The van der Waals surface area contributed by atoms with E-state index in [-0.39, 0.29) is 30.1 Å². The minimum Gasteiger partial charge on any atom is -0.343 e. The van der Waals surface area contributed by atoms with E-state index < -0.39 is 41.9 Å². The van der Waals surface area contributed by atoms with Gasteiger partial charge in [0, 0.05) is 38.5 Å². The quantitative estimate of drug-likeness (QED) is 0.146. The molecule has 2 aliphatic rings. The Morgan fingerprint density at radius 2 is 1.23 bits per heavy atom. The molecule has 12 nitrogen and oxygen atoms in total. The standard InChI is InChI=1S/C41H61N7O5/c1-29(2)26-35(46-39(51)36(28-31-16-8-4-9-17-31)45-37(49)33(43)27-30-14-6-3-7-15-30)38(50)44-34(18-10-11-21-42)41(53)48-24-19-32(20-25-48)40(52)47-22-12-5-13-23-47/h3-4,6-9,14-17,29,32-36H,5,10-13,18-28,42-43H2,1-2H3,(H,44,50)(H,45,49)(H,46,51)/t33-,34-,35-,36-/m1/s1. The zero-order chi connectivity index (χ0) is 38.2. The van der Waals surface area contributed by atoms with E-state index in [4.69, 9.17) is 11.5 Å². The number of carbonyl (C=O) groups excluding carboxylic acids is 5. The normalized spacial score (nSPS) is 17.4. The third kappa shape index (κ3) is 13.3. The topological polar surface area (TPSA) is 180 Å². The number of benzene rings is 2. The van der Waals surface area contributed by atoms with Crippen molar-refractivity contribution in [2.75, 3.05) is 32.7 Å². The Hall–Kier alpha value is -4.29. The van der Waals surface area contributed by atoms with Gasteiger partial charge in [-0.1, -0.05) is 74.5 Å². The summed E-state index contributed by atoms with van der Waals surface area (Å²) in [5.41, 5.74) is 13.8. The van der Waals surface area contributed by atoms with Gasteiger partial charge in [-0.15, -0.1) is 0 Å². The lowest BCUT2D eigenvalue weighted by Crippen LogP contribution is -2.59. The van der Waals surface area contributed by atoms with Crippen LogP contribution in [0.25, 0.3) is 0 Å². The van der Waals surface area contributed by atoms with Gasteiger partial charge in [0.15, 0.2) is 0 Å². The molecule has 4 atom stereocenters. The van der Waals surface area contributed by atoms with Crippen LogP contribution in [0, 0.1) is 11.8 Å². The molecule has 2 heterocycles. The largest absolute Gasteiger partial charge is 0.343 e. The van der Waals surface area contributed by atoms with Gasteiger partial charge in [0.05, 0.1) is 6.04 Å². The number of nitrogens with one attached hydrogen (secondary N) is 3. The first-order chi connectivity index (χ1) is 25.5. The number of unbranched alkanes of at least 4 members (excludes halogenated alkanes) is 1. The van der Waals surface area contributed by atoms with Crippen molar-refractivity contribution < 1.29 is 24.0 Å². The van der Waals surface area contributed by atoms with Crippen LogP contribution in [-0.4, -0.2) is 96.2 Å². The van der Waals surface area contributed by atoms with E-state index in [0.717, 1.165) is 43.5 Å². The molecule has 0 spiro atoms. The lowest BCUT2D eigenvalue weighted by Gasteiger charge is -2.37. The first-order valence-corrected chi connectivity index (χ1v) is 19.6. The lowest BCUT2D eigenvalue weighted by atomic mass is 9.93. The van der Waals surface area contributed by atoms with E-state index in [1.54, 1.807) is 4.90 Å². The van der Waals surface area contributed by atoms with Gasteiger partial charge < -0.3 is 37.2 Å². The average Bonchev–Trinajstić information content (AvgIpc) is 3.17. The molecule has 5 amide bonds. The third-order valence-electron chi connectivity index (χ3n) is 10.3. The highest BCUT2D eigenvalue weighted by Crippen LogP contribution is 2.23. The number of amides is 5. The maximum Gasteiger partial charge on any atom is 0.245 e. The number of hydrogen-bond donors (Lipinski definition) is 5. The zero-order valence-electron chi connectivity index (χ0n) is 31.6. The molecule has 290 valence electrons. The van der Waals surface area contributed by atoms with E-state index in [2.05, 4.69) is 16.0 Å². The van der Waals surface area contributed by atoms with Gasteiger partial charge in [-0.2, -0.15) is 0 Å². The molecule has 0 aliphatic carbocycles. The molecule has 0 saturated carbocycles. The summed E-state index contributed by atoms with van der Waals surface area (Å²) in [6.45, 7) is 6.89. The summed E-state index contributed by atoms with van der Waals surface area (Å²) in [6, 6.07) is 15.1. The summed E-state index contributed by atoms with van der Waals surface area (Å²) >= 11 is 0. The maximum absolute atomic E-state index is 14.0. The van der Waals surface area contributed by atoms with E-state index in [9.17, 15) is 24.0 Å². The monoisotopic (exact) mass is 731 g/mol. The maximum atomic E-state index is 14.0. The van der Waals surface area contributed by atoms with Crippen molar-refractivity contribution in [1.29, 1.82) is 0 Å². The van der Waals surface area contributed by atoms with Crippen LogP contribution in [0.1, 0.15) is 82.8 Å². The fourth-order valence-corrected chi connectivity index (χ4v) is 7.24. The van der Waals surface area contributed by atoms with E-state index in [1.807, 2.05) is 79.4 Å². The van der Waals surface area contributed by atoms with Gasteiger partial charge in [-0.3, -0.25) is 24.0 Å². The van der Waals surface area contributed by atoms with Crippen molar-refractivity contribution >= 4 is 29.5 Å². The van der Waals surface area contributed by atoms with Crippen LogP contribution in [0.15, 0.2) is 60.7 Å². The number of hydrogen-bond acceptors (Lipinski definition) is 7. The molecule has 0 radical (unpaired) electrons. The van der Waals surface area contributed by atoms with Crippen molar-refractivity contribution in [3.63, 3.8) is 0 Å². The number of piperidine rings is 2. The van der Waals surface area contributed by atoms with Crippen LogP contribution in [0.3, 0.4) is 0 Å². The predicted molar refractivity (Wildman–Crippen MR) is 206 cm³/mol. The second-order valence-corrected chi connectivity index (χ2v) is 15.1. The predicted octanol–water partition coefficient (Wildman–Crippen LogP) is 2.68. The lowest BCUT2D eigenvalue weighted by molar-refractivity contribution is -0.143. The molecule has 0 aromatic heterocycles. The van der Waals surface area contributed by atoms with Gasteiger partial charge in [-0.05, 0) is 87.8 Å². The molecular formula is C41H61N7O5. The highest BCUT2D eigenvalue weighted by Gasteiger charge is 2.35. The minimum atomic E-state index is -0.995. The van der Waals surface area contributed by atoms with Gasteiger partial charge in [-0.25, -0.2) is 0 Å². The molecule has 7 N–H and O–H groups in total. The Morgan fingerprint density at radius 1 is 0.679 bits per heavy atom. The van der Waals surface area contributed by atoms with Crippen LogP contribution in [-0.2, 0) is 36.8 Å². The van der Waals surface area contributed by atoms with Crippen molar-refractivity contribution in [2.24, 2.45) is 23.3 Å². The Balaban J connectivity index is 1.44. The molecule has 2 fully saturated rings. The molecule has 2 aromatic rings. The Labute approximate surface area is 315 Å². The third-order valence-corrected chi connectivity index (χ3v) is 10.3. The summed E-state index contributed by atoms with van der Waals surface area (Å²) in [5.74, 6) is -1.49. The van der Waals surface area contributed by atoms with Gasteiger partial charge in [0.2, 0.25) is 29.5 Å². The van der Waals surface area contributed by atoms with Crippen molar-refractivity contribution in [2.45, 2.75) is 109 Å². The fraction of sp³-hybridized carbons (Fsp3) is 0.585. The van der Waals surface area contributed by atoms with Gasteiger partial charge in [0.1, 0.15) is 18.1 Å². The number of nitrogens with zero attached hydrogens (tertiary/aromatic N) is 2. The van der Waals surface area contributed by atoms with E-state index in [0.29, 0.717) is 64.6 Å². The Bertz CT molecular complexity index is 1460. The van der Waals surface area contributed by atoms with Crippen LogP contribution in [0.4, 0.5) is 0 Å². The molecular weight excluding hydrogens is 670 g/mol. The van der Waals surface area contributed by atoms with Gasteiger partial charge >= 0.3 is 0 Å². The van der Waals surface area contributed by atoms with Crippen LogP contribution >= 0.6 is 0 Å². The van der Waals surface area contributed by atoms with Crippen LogP contribution in [0.2, 0.25) is 0 Å². The highest BCUT2D eigenvalue weighted by atomic mass is 16.2. The van der Waals surface area contributed by atoms with E-state index >= 15 is 0 Å². The molecule has 0 bridgehead atoms. The average molecular weight is 732 g/mol. The van der Waals surface area contributed by atoms with Gasteiger partial charge in [0.25, 0.3) is 0 Å². The molecule has 12 heteroatoms. The molecule has 4 rings (SSSR count). The summed E-state index contributed by atoms with van der Waals surface area (Å²) in [6.07, 6.45) is 7.00. The van der Waals surface area contributed by atoms with Crippen molar-refractivity contribution in [3.8, 4) is 0 Å². The first kappa shape index (κ1) is 41.5. The van der Waals surface area contributed by atoms with Crippen LogP contribution in [0.5, 0.6) is 0 Å². The SMILES string of the molecule is CC(C)C[C@@H](NC(=O)[C@@H](Cc1ccccc1)NC(=O)[C@H](N)Cc1ccccc1)C(=O)N[C@H](CCCCN)C(=O)N1CCC(C(=O)N2CCCCC2)CC1. The van der Waals surface area contributed by atoms with E-state index in [1.165, 1.54) is 0 Å². The highest BCUT2D eigenvalue weighted by molar-refractivity contribution is 5.95. The summed E-state index contributed by atoms with van der Waals surface area (Å²) < 4.78 is 0. The molecule has 2 aliphatic heterocycles. The Kier molecular flexibility index (Phi) is 16.8. The molecule has 2 aromatic carbocycles. The van der Waals surface area contributed by atoms with Crippen molar-refractivity contribution in [1.82, 2.24) is 25.8 Å². The summed E-state index contributed by atoms with van der Waals surface area (Å²) in [4.78, 5) is 72.1. The minimum absolute atomic E-state index is 0.0374. The summed E-state index contributed by atoms with van der Waals surface area (Å²) in [5, 5.41) is 8.73. The number of carbonyl (C=O) groups is 5. The van der Waals surface area contributed by atoms with Crippen LogP contribution < -0.4 is 27.4 Å². The Morgan fingerprint density at radius 3 is 1.81 bits per heavy atom. The fourth-order valence-electron chi connectivity index (χ4n) is 7.24. The zero-order valence-corrected chi connectivity index (χ0v) is 31.6. The number of nitrogens with two attached hydrogens (primary N) is 2. The molecule has 2 saturated heterocycles. The summed E-state index contributed by atoms with van der Waals surface area (Å²) in [7, 11) is 0. The molecule has 53 heavy (non-hydrogen) atoms. The first-order valence-electron chi connectivity index (χ1n) is 19.6. The number of rotatable bonds is 18. The second-order valence-electron chi connectivity index (χ2n) is 15.1. The smallest absolute Gasteiger partial charge is 0.245 e. The van der Waals surface area contributed by atoms with Crippen molar-refractivity contribution in [3.05, 3.63) is 71.8 Å². The second kappa shape index (κ2) is 21.4. The molecule has 0 unspecified atom stereocenters.